The number of nitrogens with zero attached hydrogens (tertiary/aromatic N) is 2. The lowest BCUT2D eigenvalue weighted by molar-refractivity contribution is -0.0429. The van der Waals surface area contributed by atoms with Crippen molar-refractivity contribution < 1.29 is 26.4 Å². The molecule has 2 aromatic carbocycles. The molecule has 0 aliphatic rings. The summed E-state index contributed by atoms with van der Waals surface area (Å²) in [6.45, 7) is 1.43. The first kappa shape index (κ1) is 20.3. The first-order valence-electron chi connectivity index (χ1n) is 7.49. The number of nitrogens with one attached hydrogen (secondary N) is 1. The van der Waals surface area contributed by atoms with Gasteiger partial charge in [-0.3, -0.25) is 4.72 Å². The zero-order chi connectivity index (χ0) is 20.1. The van der Waals surface area contributed by atoms with Crippen LogP contribution in [0.4, 0.5) is 18.9 Å². The van der Waals surface area contributed by atoms with Crippen molar-refractivity contribution in [2.75, 3.05) is 4.72 Å². The van der Waals surface area contributed by atoms with Gasteiger partial charge in [-0.1, -0.05) is 41.6 Å². The molecule has 0 bridgehead atoms. The van der Waals surface area contributed by atoms with E-state index in [1.165, 1.54) is 35.9 Å². The number of nitriles is 1. The van der Waals surface area contributed by atoms with E-state index in [0.29, 0.717) is 11.1 Å². The second-order valence-corrected chi connectivity index (χ2v) is 6.99. The molecule has 0 atom stereocenters. The highest BCUT2D eigenvalue weighted by atomic mass is 32.2. The summed E-state index contributed by atoms with van der Waals surface area (Å²) in [5.74, 6) is 0. The van der Waals surface area contributed by atoms with Gasteiger partial charge < -0.3 is 4.84 Å². The molecule has 27 heavy (non-hydrogen) atoms. The third-order valence-corrected chi connectivity index (χ3v) is 4.52. The maximum atomic E-state index is 12.6. The van der Waals surface area contributed by atoms with Gasteiger partial charge in [0.1, 0.15) is 6.61 Å². The van der Waals surface area contributed by atoms with E-state index in [4.69, 9.17) is 10.1 Å². The molecule has 1 N–H and O–H groups in total. The Morgan fingerprint density at radius 2 is 1.81 bits per heavy atom. The molecule has 0 fully saturated rings. The lowest BCUT2D eigenvalue weighted by atomic mass is 10.1. The number of oxime groups is 1. The zero-order valence-electron chi connectivity index (χ0n) is 14.0. The van der Waals surface area contributed by atoms with Gasteiger partial charge in [-0.15, -0.1) is 0 Å². The Bertz CT molecular complexity index is 996. The minimum atomic E-state index is -5.56. The smallest absolute Gasteiger partial charge is 0.391 e. The summed E-state index contributed by atoms with van der Waals surface area (Å²) in [5, 5.41) is 12.8. The number of anilines is 1. The fraction of sp³-hybridized carbons (Fsp3) is 0.176. The summed E-state index contributed by atoms with van der Waals surface area (Å²) < 4.78 is 61.9. The Balaban J connectivity index is 2.21. The Labute approximate surface area is 153 Å². The molecule has 0 aliphatic heterocycles. The van der Waals surface area contributed by atoms with E-state index in [1.54, 1.807) is 24.3 Å². The van der Waals surface area contributed by atoms with E-state index < -0.39 is 15.5 Å². The predicted molar refractivity (Wildman–Crippen MR) is 93.2 cm³/mol. The van der Waals surface area contributed by atoms with Crippen molar-refractivity contribution in [1.29, 1.82) is 5.26 Å². The normalized spacial score (nSPS) is 12.3. The molecule has 2 aromatic rings. The molecule has 0 unspecified atom stereocenters. The molecule has 0 amide bonds. The van der Waals surface area contributed by atoms with Crippen LogP contribution in [0.1, 0.15) is 23.6 Å². The van der Waals surface area contributed by atoms with Crippen molar-refractivity contribution in [2.45, 2.75) is 19.0 Å². The average molecular weight is 397 g/mol. The summed E-state index contributed by atoms with van der Waals surface area (Å²) in [6.07, 6.45) is 0. The van der Waals surface area contributed by atoms with Crippen LogP contribution in [0.3, 0.4) is 0 Å². The highest BCUT2D eigenvalue weighted by molar-refractivity contribution is 7.93. The third-order valence-electron chi connectivity index (χ3n) is 3.43. The van der Waals surface area contributed by atoms with Crippen LogP contribution in [0.5, 0.6) is 0 Å². The number of sulfonamides is 1. The van der Waals surface area contributed by atoms with Crippen LogP contribution >= 0.6 is 0 Å². The molecule has 142 valence electrons. The summed E-state index contributed by atoms with van der Waals surface area (Å²) in [7, 11) is -5.56. The van der Waals surface area contributed by atoms with Crippen molar-refractivity contribution in [3.63, 3.8) is 0 Å². The molecule has 2 rings (SSSR count). The number of halogens is 3. The minimum Gasteiger partial charge on any atom is -0.391 e. The molecule has 10 heteroatoms. The number of rotatable bonds is 6. The molecule has 0 radical (unpaired) electrons. The highest BCUT2D eigenvalue weighted by Crippen LogP contribution is 2.27. The van der Waals surface area contributed by atoms with E-state index >= 15 is 0 Å². The maximum Gasteiger partial charge on any atom is 0.516 e. The SMILES string of the molecule is C/C(=N\OCc1ccccc1C#N)c1ccccc1NS(=O)(=O)C(F)(F)F. The summed E-state index contributed by atoms with van der Waals surface area (Å²) in [4.78, 5) is 5.17. The quantitative estimate of drug-likeness (QED) is 0.593. The molecule has 6 nitrogen and oxygen atoms in total. The zero-order valence-corrected chi connectivity index (χ0v) is 14.8. The summed E-state index contributed by atoms with van der Waals surface area (Å²) in [5.41, 5.74) is -4.45. The van der Waals surface area contributed by atoms with Gasteiger partial charge in [-0.25, -0.2) is 0 Å². The Hall–Kier alpha value is -3.06. The van der Waals surface area contributed by atoms with Crippen molar-refractivity contribution in [3.8, 4) is 6.07 Å². The van der Waals surface area contributed by atoms with Gasteiger partial charge in [-0.05, 0) is 19.1 Å². The fourth-order valence-electron chi connectivity index (χ4n) is 2.09. The molecule has 0 aromatic heterocycles. The Morgan fingerprint density at radius 1 is 1.19 bits per heavy atom. The predicted octanol–water partition coefficient (Wildman–Crippen LogP) is 3.76. The Morgan fingerprint density at radius 3 is 2.48 bits per heavy atom. The van der Waals surface area contributed by atoms with Crippen LogP contribution in [0.2, 0.25) is 0 Å². The van der Waals surface area contributed by atoms with Gasteiger partial charge in [0.15, 0.2) is 0 Å². The number of hydrogen-bond donors (Lipinski definition) is 1. The van der Waals surface area contributed by atoms with Crippen LogP contribution in [-0.2, 0) is 21.5 Å². The molecule has 0 aliphatic carbocycles. The van der Waals surface area contributed by atoms with Crippen LogP contribution < -0.4 is 4.72 Å². The van der Waals surface area contributed by atoms with Gasteiger partial charge in [0, 0.05) is 11.1 Å². The second-order valence-electron chi connectivity index (χ2n) is 5.32. The molecule has 0 saturated heterocycles. The van der Waals surface area contributed by atoms with Crippen molar-refractivity contribution >= 4 is 21.4 Å². The maximum absolute atomic E-state index is 12.6. The first-order chi connectivity index (χ1) is 12.7. The van der Waals surface area contributed by atoms with Crippen LogP contribution in [0.25, 0.3) is 0 Å². The second kappa shape index (κ2) is 8.09. The minimum absolute atomic E-state index is 0.0302. The lowest BCUT2D eigenvalue weighted by Crippen LogP contribution is -2.30. The average Bonchev–Trinajstić information content (AvgIpc) is 2.61. The number of para-hydroxylation sites is 1. The third kappa shape index (κ3) is 4.98. The van der Waals surface area contributed by atoms with Gasteiger partial charge in [0.05, 0.1) is 23.0 Å². The standard InChI is InChI=1S/C17H14F3N3O3S/c1-12(22-26-11-14-7-3-2-6-13(14)10-21)15-8-4-5-9-16(15)23-27(24,25)17(18,19)20/h2-9,23H,11H2,1H3/b22-12+. The first-order valence-corrected chi connectivity index (χ1v) is 8.97. The highest BCUT2D eigenvalue weighted by Gasteiger charge is 2.46. The number of alkyl halides is 3. The van der Waals surface area contributed by atoms with E-state index in [0.717, 1.165) is 0 Å². The summed E-state index contributed by atoms with van der Waals surface area (Å²) in [6, 6.07) is 14.2. The van der Waals surface area contributed by atoms with Gasteiger partial charge in [0.25, 0.3) is 0 Å². The molecular formula is C17H14F3N3O3S. The van der Waals surface area contributed by atoms with Crippen molar-refractivity contribution in [3.05, 3.63) is 65.2 Å². The fourth-order valence-corrected chi connectivity index (χ4v) is 2.68. The number of benzene rings is 2. The summed E-state index contributed by atoms with van der Waals surface area (Å²) >= 11 is 0. The van der Waals surface area contributed by atoms with Gasteiger partial charge in [0.2, 0.25) is 0 Å². The molecule has 0 heterocycles. The van der Waals surface area contributed by atoms with Crippen LogP contribution in [0, 0.1) is 11.3 Å². The lowest BCUT2D eigenvalue weighted by Gasteiger charge is -2.13. The molecule has 0 spiro atoms. The van der Waals surface area contributed by atoms with Crippen molar-refractivity contribution in [2.24, 2.45) is 5.16 Å². The Kier molecular flexibility index (Phi) is 6.07. The van der Waals surface area contributed by atoms with Crippen LogP contribution in [0.15, 0.2) is 53.7 Å². The molecule has 0 saturated carbocycles. The van der Waals surface area contributed by atoms with Gasteiger partial charge >= 0.3 is 15.5 Å². The van der Waals surface area contributed by atoms with Crippen molar-refractivity contribution in [1.82, 2.24) is 0 Å². The monoisotopic (exact) mass is 397 g/mol. The van der Waals surface area contributed by atoms with E-state index in [1.807, 2.05) is 6.07 Å². The van der Waals surface area contributed by atoms with E-state index in [2.05, 4.69) is 5.16 Å². The van der Waals surface area contributed by atoms with Crippen LogP contribution in [-0.4, -0.2) is 19.6 Å². The van der Waals surface area contributed by atoms with E-state index in [9.17, 15) is 21.6 Å². The molecular weight excluding hydrogens is 383 g/mol. The number of hydrogen-bond acceptors (Lipinski definition) is 5. The van der Waals surface area contributed by atoms with Gasteiger partial charge in [-0.2, -0.15) is 26.9 Å². The topological polar surface area (TPSA) is 91.5 Å². The largest absolute Gasteiger partial charge is 0.516 e. The van der Waals surface area contributed by atoms with E-state index in [-0.39, 0.29) is 23.6 Å².